The number of anilines is 2. The van der Waals surface area contributed by atoms with Crippen molar-refractivity contribution < 1.29 is 14.3 Å². The van der Waals surface area contributed by atoms with Crippen molar-refractivity contribution in [2.75, 3.05) is 43.1 Å². The molecule has 1 fully saturated rings. The quantitative estimate of drug-likeness (QED) is 0.560. The zero-order valence-electron chi connectivity index (χ0n) is 19.0. The number of amides is 2. The molecular weight excluding hydrogens is 450 g/mol. The fourth-order valence-electron chi connectivity index (χ4n) is 4.45. The van der Waals surface area contributed by atoms with Gasteiger partial charge in [0.05, 0.1) is 29.8 Å². The van der Waals surface area contributed by atoms with E-state index in [0.717, 1.165) is 49.5 Å². The van der Waals surface area contributed by atoms with E-state index in [9.17, 15) is 9.59 Å². The lowest BCUT2D eigenvalue weighted by Gasteiger charge is -2.31. The zero-order valence-corrected chi connectivity index (χ0v) is 19.9. The van der Waals surface area contributed by atoms with Gasteiger partial charge >= 0.3 is 0 Å². The Hall–Kier alpha value is -3.17. The van der Waals surface area contributed by atoms with E-state index in [0.29, 0.717) is 28.4 Å². The number of hydrogen-bond acceptors (Lipinski definition) is 7. The summed E-state index contributed by atoms with van der Waals surface area (Å²) in [5.74, 6) is 1.03. The molecular formula is C25H27N5O3S. The molecule has 9 heteroatoms. The minimum atomic E-state index is -0.0268. The predicted octanol–water partition coefficient (Wildman–Crippen LogP) is 3.58. The van der Waals surface area contributed by atoms with Crippen LogP contribution in [0.15, 0.2) is 47.5 Å². The number of hydrogen-bond donors (Lipinski definition) is 2. The van der Waals surface area contributed by atoms with Gasteiger partial charge in [-0.3, -0.25) is 14.6 Å². The van der Waals surface area contributed by atoms with Crippen molar-refractivity contribution in [3.8, 4) is 5.88 Å². The van der Waals surface area contributed by atoms with Gasteiger partial charge in [-0.15, -0.1) is 11.8 Å². The Kier molecular flexibility index (Phi) is 6.64. The van der Waals surface area contributed by atoms with Crippen molar-refractivity contribution in [1.29, 1.82) is 0 Å². The normalized spacial score (nSPS) is 16.7. The number of ether oxygens (including phenoxy) is 1. The summed E-state index contributed by atoms with van der Waals surface area (Å²) in [6, 6.07) is 11.7. The highest BCUT2D eigenvalue weighted by atomic mass is 32.2. The van der Waals surface area contributed by atoms with E-state index in [-0.39, 0.29) is 17.7 Å². The maximum Gasteiger partial charge on any atom is 0.234 e. The van der Waals surface area contributed by atoms with Gasteiger partial charge in [0.25, 0.3) is 0 Å². The SMILES string of the molecule is COc1ccc2nccc(NC(=O)C3CCN(CCc4ccc5c(c4)NC(=O)CS5)CC3)c2n1. The zero-order chi connectivity index (χ0) is 23.5. The average Bonchev–Trinajstić information content (AvgIpc) is 2.87. The third-order valence-electron chi connectivity index (χ3n) is 6.38. The second-order valence-corrected chi connectivity index (χ2v) is 9.62. The Balaban J connectivity index is 1.14. The van der Waals surface area contributed by atoms with Crippen molar-refractivity contribution in [3.05, 3.63) is 48.2 Å². The van der Waals surface area contributed by atoms with Gasteiger partial charge in [-0.2, -0.15) is 0 Å². The number of thioether (sulfide) groups is 1. The number of aromatic nitrogens is 2. The number of piperidine rings is 1. The predicted molar refractivity (Wildman–Crippen MR) is 133 cm³/mol. The fourth-order valence-corrected chi connectivity index (χ4v) is 5.24. The van der Waals surface area contributed by atoms with E-state index >= 15 is 0 Å². The molecule has 2 aromatic heterocycles. The first kappa shape index (κ1) is 22.6. The van der Waals surface area contributed by atoms with Gasteiger partial charge < -0.3 is 20.3 Å². The summed E-state index contributed by atoms with van der Waals surface area (Å²) in [5, 5.41) is 6.02. The Morgan fingerprint density at radius 2 is 2.09 bits per heavy atom. The summed E-state index contributed by atoms with van der Waals surface area (Å²) in [6.45, 7) is 2.71. The topological polar surface area (TPSA) is 96.5 Å². The maximum atomic E-state index is 13.0. The molecule has 5 rings (SSSR count). The summed E-state index contributed by atoms with van der Waals surface area (Å²) >= 11 is 1.58. The van der Waals surface area contributed by atoms with E-state index < -0.39 is 0 Å². The summed E-state index contributed by atoms with van der Waals surface area (Å²) in [7, 11) is 1.57. The number of carbonyl (C=O) groups excluding carboxylic acids is 2. The molecule has 3 aromatic rings. The largest absolute Gasteiger partial charge is 0.481 e. The van der Waals surface area contributed by atoms with Crippen molar-refractivity contribution >= 4 is 46.0 Å². The van der Waals surface area contributed by atoms with E-state index in [4.69, 9.17) is 4.74 Å². The summed E-state index contributed by atoms with van der Waals surface area (Å²) in [6.07, 6.45) is 4.24. The monoisotopic (exact) mass is 477 g/mol. The molecule has 34 heavy (non-hydrogen) atoms. The summed E-state index contributed by atoms with van der Waals surface area (Å²) in [5.41, 5.74) is 4.15. The standard InChI is InChI=1S/C25H27N5O3S/c1-33-23-5-3-18-24(29-23)19(6-10-26-18)28-25(32)17-8-12-30(13-9-17)11-7-16-2-4-21-20(14-16)27-22(31)15-34-21/h2-6,10,14,17H,7-9,11-13,15H2,1H3,(H,27,31)(H,26,28,32). The van der Waals surface area contributed by atoms with Crippen LogP contribution in [0.4, 0.5) is 11.4 Å². The molecule has 1 saturated heterocycles. The number of likely N-dealkylation sites (tertiary alicyclic amines) is 1. The van der Waals surface area contributed by atoms with Gasteiger partial charge in [-0.1, -0.05) is 6.07 Å². The van der Waals surface area contributed by atoms with Crippen LogP contribution in [-0.2, 0) is 16.0 Å². The van der Waals surface area contributed by atoms with Gasteiger partial charge in [0.15, 0.2) is 0 Å². The van der Waals surface area contributed by atoms with Crippen LogP contribution in [0.5, 0.6) is 5.88 Å². The van der Waals surface area contributed by atoms with Crippen molar-refractivity contribution in [2.45, 2.75) is 24.2 Å². The van der Waals surface area contributed by atoms with Gasteiger partial charge in [0.1, 0.15) is 5.52 Å². The van der Waals surface area contributed by atoms with Crippen LogP contribution in [0.2, 0.25) is 0 Å². The lowest BCUT2D eigenvalue weighted by molar-refractivity contribution is -0.121. The Bertz CT molecular complexity index is 1230. The fraction of sp³-hybridized carbons (Fsp3) is 0.360. The molecule has 0 spiro atoms. The molecule has 8 nitrogen and oxygen atoms in total. The Labute approximate surface area is 202 Å². The first-order valence-electron chi connectivity index (χ1n) is 11.5. The number of rotatable bonds is 6. The first-order valence-corrected chi connectivity index (χ1v) is 12.5. The summed E-state index contributed by atoms with van der Waals surface area (Å²) < 4.78 is 5.22. The second-order valence-electron chi connectivity index (χ2n) is 8.60. The van der Waals surface area contributed by atoms with Gasteiger partial charge in [-0.05, 0) is 62.2 Å². The van der Waals surface area contributed by atoms with Gasteiger partial charge in [-0.25, -0.2) is 4.98 Å². The molecule has 2 N–H and O–H groups in total. The van der Waals surface area contributed by atoms with E-state index in [2.05, 4.69) is 43.7 Å². The number of nitrogens with zero attached hydrogens (tertiary/aromatic N) is 3. The highest BCUT2D eigenvalue weighted by Gasteiger charge is 2.25. The highest BCUT2D eigenvalue weighted by Crippen LogP contribution is 2.32. The number of fused-ring (bicyclic) bond motifs is 2. The number of pyridine rings is 2. The highest BCUT2D eigenvalue weighted by molar-refractivity contribution is 8.00. The Morgan fingerprint density at radius 1 is 1.24 bits per heavy atom. The molecule has 176 valence electrons. The number of methoxy groups -OCH3 is 1. The van der Waals surface area contributed by atoms with E-state index in [1.54, 1.807) is 37.2 Å². The molecule has 0 unspecified atom stereocenters. The maximum absolute atomic E-state index is 13.0. The molecule has 0 radical (unpaired) electrons. The van der Waals surface area contributed by atoms with E-state index in [1.807, 2.05) is 6.07 Å². The van der Waals surface area contributed by atoms with Crippen molar-refractivity contribution in [2.24, 2.45) is 5.92 Å². The first-order chi connectivity index (χ1) is 16.6. The third kappa shape index (κ3) is 5.00. The van der Waals surface area contributed by atoms with Crippen LogP contribution in [0.1, 0.15) is 18.4 Å². The van der Waals surface area contributed by atoms with Crippen LogP contribution < -0.4 is 15.4 Å². The van der Waals surface area contributed by atoms with Crippen LogP contribution in [-0.4, -0.2) is 59.2 Å². The van der Waals surface area contributed by atoms with Crippen molar-refractivity contribution in [3.63, 3.8) is 0 Å². The molecule has 2 amide bonds. The van der Waals surface area contributed by atoms with Crippen molar-refractivity contribution in [1.82, 2.24) is 14.9 Å². The van der Waals surface area contributed by atoms with Gasteiger partial charge in [0.2, 0.25) is 17.7 Å². The van der Waals surface area contributed by atoms with Crippen LogP contribution in [0.25, 0.3) is 11.0 Å². The second kappa shape index (κ2) is 9.99. The number of benzene rings is 1. The molecule has 0 saturated carbocycles. The minimum absolute atomic E-state index is 0.0268. The number of nitrogens with one attached hydrogen (secondary N) is 2. The van der Waals surface area contributed by atoms with Crippen LogP contribution in [0, 0.1) is 5.92 Å². The molecule has 0 atom stereocenters. The Morgan fingerprint density at radius 3 is 2.91 bits per heavy atom. The lowest BCUT2D eigenvalue weighted by atomic mass is 9.95. The number of carbonyl (C=O) groups is 2. The smallest absolute Gasteiger partial charge is 0.234 e. The molecule has 4 heterocycles. The molecule has 2 aliphatic heterocycles. The molecule has 1 aromatic carbocycles. The van der Waals surface area contributed by atoms with Gasteiger partial charge in [0, 0.05) is 29.6 Å². The molecule has 2 aliphatic rings. The van der Waals surface area contributed by atoms with Crippen LogP contribution in [0.3, 0.4) is 0 Å². The molecule has 0 aliphatic carbocycles. The van der Waals surface area contributed by atoms with Crippen LogP contribution >= 0.6 is 11.8 Å². The lowest BCUT2D eigenvalue weighted by Crippen LogP contribution is -2.39. The molecule has 0 bridgehead atoms. The van der Waals surface area contributed by atoms with E-state index in [1.165, 1.54) is 5.56 Å². The summed E-state index contributed by atoms with van der Waals surface area (Å²) in [4.78, 5) is 36.9. The third-order valence-corrected chi connectivity index (χ3v) is 7.45. The average molecular weight is 478 g/mol. The minimum Gasteiger partial charge on any atom is -0.481 e.